The second kappa shape index (κ2) is 8.71. The minimum Gasteiger partial charge on any atom is -0.325 e. The molecule has 144 valence electrons. The maximum atomic E-state index is 13.7. The minimum atomic E-state index is -0.567. The van der Waals surface area contributed by atoms with Crippen molar-refractivity contribution in [3.63, 3.8) is 0 Å². The van der Waals surface area contributed by atoms with Gasteiger partial charge in [0.2, 0.25) is 11.8 Å². The van der Waals surface area contributed by atoms with Crippen molar-refractivity contribution in [1.82, 2.24) is 9.55 Å². The van der Waals surface area contributed by atoms with Gasteiger partial charge in [-0.15, -0.1) is 0 Å². The number of imidazole rings is 1. The van der Waals surface area contributed by atoms with Crippen molar-refractivity contribution in [3.8, 4) is 5.69 Å². The van der Waals surface area contributed by atoms with Crippen LogP contribution in [0.1, 0.15) is 12.5 Å². The van der Waals surface area contributed by atoms with Crippen LogP contribution >= 0.6 is 11.8 Å². The van der Waals surface area contributed by atoms with Crippen molar-refractivity contribution in [2.24, 2.45) is 0 Å². The summed E-state index contributed by atoms with van der Waals surface area (Å²) in [6.45, 7) is 3.30. The van der Waals surface area contributed by atoms with Crippen LogP contribution in [0, 0.1) is 12.7 Å². The number of carbonyl (C=O) groups excluding carboxylic acids is 2. The van der Waals surface area contributed by atoms with Gasteiger partial charge in [-0.25, -0.2) is 9.37 Å². The second-order valence-electron chi connectivity index (χ2n) is 6.08. The van der Waals surface area contributed by atoms with Crippen LogP contribution in [0.3, 0.4) is 0 Å². The van der Waals surface area contributed by atoms with Gasteiger partial charge in [-0.05, 0) is 36.8 Å². The van der Waals surface area contributed by atoms with Crippen LogP contribution < -0.4 is 10.6 Å². The molecular formula is C20H19FN4O2S. The zero-order valence-corrected chi connectivity index (χ0v) is 16.2. The van der Waals surface area contributed by atoms with Gasteiger partial charge in [-0.2, -0.15) is 0 Å². The van der Waals surface area contributed by atoms with E-state index in [1.165, 1.54) is 36.9 Å². The lowest BCUT2D eigenvalue weighted by molar-refractivity contribution is -0.114. The standard InChI is InChI=1S/C20H19FN4O2S/c1-13-5-3-4-6-18(13)25-10-9-22-20(25)28-12-19(27)24-15-7-8-16(21)17(11-15)23-14(2)26/h3-11H,12H2,1-2H3,(H,23,26)(H,24,27). The highest BCUT2D eigenvalue weighted by Gasteiger charge is 2.12. The van der Waals surface area contributed by atoms with E-state index in [0.29, 0.717) is 10.8 Å². The van der Waals surface area contributed by atoms with E-state index < -0.39 is 5.82 Å². The van der Waals surface area contributed by atoms with Crippen molar-refractivity contribution < 1.29 is 14.0 Å². The Hall–Kier alpha value is -3.13. The zero-order chi connectivity index (χ0) is 20.1. The first-order chi connectivity index (χ1) is 13.4. The predicted octanol–water partition coefficient (Wildman–Crippen LogP) is 4.01. The first-order valence-electron chi connectivity index (χ1n) is 8.53. The van der Waals surface area contributed by atoms with Crippen LogP contribution in [-0.2, 0) is 9.59 Å². The lowest BCUT2D eigenvalue weighted by Crippen LogP contribution is -2.15. The number of halogens is 1. The van der Waals surface area contributed by atoms with Crippen LogP contribution in [0.4, 0.5) is 15.8 Å². The molecule has 2 N–H and O–H groups in total. The molecule has 0 aliphatic rings. The van der Waals surface area contributed by atoms with Crippen molar-refractivity contribution in [3.05, 3.63) is 66.2 Å². The highest BCUT2D eigenvalue weighted by molar-refractivity contribution is 7.99. The molecule has 0 atom stereocenters. The molecule has 1 aromatic heterocycles. The van der Waals surface area contributed by atoms with Crippen LogP contribution in [0.25, 0.3) is 5.69 Å². The number of hydrogen-bond donors (Lipinski definition) is 2. The Labute approximate surface area is 166 Å². The van der Waals surface area contributed by atoms with Crippen molar-refractivity contribution in [2.75, 3.05) is 16.4 Å². The number of para-hydroxylation sites is 1. The Morgan fingerprint density at radius 2 is 1.96 bits per heavy atom. The molecule has 0 spiro atoms. The fraction of sp³-hybridized carbons (Fsp3) is 0.150. The number of thioether (sulfide) groups is 1. The Bertz CT molecular complexity index is 1020. The Morgan fingerprint density at radius 1 is 1.18 bits per heavy atom. The molecule has 28 heavy (non-hydrogen) atoms. The minimum absolute atomic E-state index is 0.0213. The van der Waals surface area contributed by atoms with E-state index in [4.69, 9.17) is 0 Å². The molecule has 0 aliphatic heterocycles. The van der Waals surface area contributed by atoms with E-state index in [1.807, 2.05) is 42.0 Å². The normalized spacial score (nSPS) is 10.5. The first-order valence-corrected chi connectivity index (χ1v) is 9.52. The third-order valence-electron chi connectivity index (χ3n) is 3.87. The smallest absolute Gasteiger partial charge is 0.234 e. The lowest BCUT2D eigenvalue weighted by Gasteiger charge is -2.11. The third-order valence-corrected chi connectivity index (χ3v) is 4.84. The van der Waals surface area contributed by atoms with Gasteiger partial charge in [-0.3, -0.25) is 14.2 Å². The van der Waals surface area contributed by atoms with Gasteiger partial charge in [0, 0.05) is 25.0 Å². The molecule has 1 heterocycles. The Kier molecular flexibility index (Phi) is 6.10. The van der Waals surface area contributed by atoms with Gasteiger partial charge in [0.25, 0.3) is 0 Å². The van der Waals surface area contributed by atoms with Crippen molar-refractivity contribution in [1.29, 1.82) is 0 Å². The van der Waals surface area contributed by atoms with Gasteiger partial charge in [0.05, 0.1) is 17.1 Å². The van der Waals surface area contributed by atoms with E-state index in [0.717, 1.165) is 11.3 Å². The molecule has 2 aromatic carbocycles. The highest BCUT2D eigenvalue weighted by Crippen LogP contribution is 2.23. The monoisotopic (exact) mass is 398 g/mol. The molecule has 0 saturated carbocycles. The summed E-state index contributed by atoms with van der Waals surface area (Å²) in [5, 5.41) is 5.79. The maximum Gasteiger partial charge on any atom is 0.234 e. The van der Waals surface area contributed by atoms with Gasteiger partial charge in [-0.1, -0.05) is 30.0 Å². The fourth-order valence-electron chi connectivity index (χ4n) is 2.63. The number of nitrogens with zero attached hydrogens (tertiary/aromatic N) is 2. The summed E-state index contributed by atoms with van der Waals surface area (Å²) in [7, 11) is 0. The highest BCUT2D eigenvalue weighted by atomic mass is 32.2. The molecule has 0 saturated heterocycles. The second-order valence-corrected chi connectivity index (χ2v) is 7.02. The number of amides is 2. The topological polar surface area (TPSA) is 76.0 Å². The first kappa shape index (κ1) is 19.6. The van der Waals surface area contributed by atoms with Crippen LogP contribution in [-0.4, -0.2) is 27.1 Å². The number of aromatic nitrogens is 2. The molecule has 6 nitrogen and oxygen atoms in total. The molecule has 2 amide bonds. The van der Waals surface area contributed by atoms with Crippen LogP contribution in [0.2, 0.25) is 0 Å². The average molecular weight is 398 g/mol. The summed E-state index contributed by atoms with van der Waals surface area (Å²) >= 11 is 1.30. The van der Waals surface area contributed by atoms with Crippen LogP contribution in [0.5, 0.6) is 0 Å². The van der Waals surface area contributed by atoms with E-state index in [-0.39, 0.29) is 23.3 Å². The molecule has 0 aliphatic carbocycles. The number of carbonyl (C=O) groups is 2. The number of nitrogens with one attached hydrogen (secondary N) is 2. The number of aryl methyl sites for hydroxylation is 1. The zero-order valence-electron chi connectivity index (χ0n) is 15.4. The summed E-state index contributed by atoms with van der Waals surface area (Å²) in [5.41, 5.74) is 2.52. The number of rotatable bonds is 6. The fourth-order valence-corrected chi connectivity index (χ4v) is 3.40. The summed E-state index contributed by atoms with van der Waals surface area (Å²) in [4.78, 5) is 27.7. The van der Waals surface area contributed by atoms with E-state index in [9.17, 15) is 14.0 Å². The van der Waals surface area contributed by atoms with Gasteiger partial charge >= 0.3 is 0 Å². The van der Waals surface area contributed by atoms with E-state index in [1.54, 1.807) is 6.20 Å². The summed E-state index contributed by atoms with van der Waals surface area (Å²) in [5.74, 6) is -1.08. The van der Waals surface area contributed by atoms with Crippen molar-refractivity contribution >= 4 is 35.0 Å². The summed E-state index contributed by atoms with van der Waals surface area (Å²) in [6.07, 6.45) is 3.54. The van der Waals surface area contributed by atoms with Crippen molar-refractivity contribution in [2.45, 2.75) is 19.0 Å². The van der Waals surface area contributed by atoms with E-state index in [2.05, 4.69) is 15.6 Å². The molecule has 0 fully saturated rings. The number of hydrogen-bond acceptors (Lipinski definition) is 4. The lowest BCUT2D eigenvalue weighted by atomic mass is 10.2. The quantitative estimate of drug-likeness (QED) is 0.615. The largest absolute Gasteiger partial charge is 0.325 e. The molecule has 0 bridgehead atoms. The SMILES string of the molecule is CC(=O)Nc1cc(NC(=O)CSc2nccn2-c2ccccc2C)ccc1F. The molecular weight excluding hydrogens is 379 g/mol. The Morgan fingerprint density at radius 3 is 2.71 bits per heavy atom. The maximum absolute atomic E-state index is 13.7. The van der Waals surface area contributed by atoms with Gasteiger partial charge in [0.1, 0.15) is 5.82 Å². The predicted molar refractivity (Wildman–Crippen MR) is 108 cm³/mol. The van der Waals surface area contributed by atoms with E-state index >= 15 is 0 Å². The number of anilines is 2. The number of benzene rings is 2. The molecule has 8 heteroatoms. The average Bonchev–Trinajstić information content (AvgIpc) is 3.11. The summed E-state index contributed by atoms with van der Waals surface area (Å²) < 4.78 is 15.6. The molecule has 0 unspecified atom stereocenters. The Balaban J connectivity index is 1.65. The molecule has 3 rings (SSSR count). The van der Waals surface area contributed by atoms with Crippen LogP contribution in [0.15, 0.2) is 60.0 Å². The molecule has 3 aromatic rings. The third kappa shape index (κ3) is 4.77. The summed E-state index contributed by atoms with van der Waals surface area (Å²) in [6, 6.07) is 11.9. The van der Waals surface area contributed by atoms with Gasteiger partial charge in [0.15, 0.2) is 5.16 Å². The van der Waals surface area contributed by atoms with Gasteiger partial charge < -0.3 is 10.6 Å². The molecule has 0 radical (unpaired) electrons.